The molecule has 3 aromatic rings. The van der Waals surface area contributed by atoms with Crippen molar-refractivity contribution in [3.63, 3.8) is 0 Å². The maximum Gasteiger partial charge on any atom is 0.258 e. The SMILES string of the molecule is CC(=O)Nc1ccc2nc(NC(=S)NC(=O)c3cc(I)ccc3Cl)sc2c1. The number of amides is 2. The molecular weight excluding hydrogens is 519 g/mol. The number of hydrogen-bond acceptors (Lipinski definition) is 5. The van der Waals surface area contributed by atoms with E-state index in [1.807, 2.05) is 12.1 Å². The normalized spacial score (nSPS) is 10.5. The van der Waals surface area contributed by atoms with Gasteiger partial charge in [-0.2, -0.15) is 0 Å². The summed E-state index contributed by atoms with van der Waals surface area (Å²) in [6.45, 7) is 1.45. The van der Waals surface area contributed by atoms with Gasteiger partial charge in [-0.05, 0) is 71.2 Å². The first-order valence-corrected chi connectivity index (χ1v) is 10.3. The van der Waals surface area contributed by atoms with Crippen LogP contribution < -0.4 is 16.0 Å². The first kappa shape index (κ1) is 19.9. The van der Waals surface area contributed by atoms with Crippen molar-refractivity contribution in [1.82, 2.24) is 10.3 Å². The van der Waals surface area contributed by atoms with Gasteiger partial charge in [0.05, 0.1) is 20.8 Å². The molecule has 27 heavy (non-hydrogen) atoms. The molecule has 0 aliphatic rings. The Hall–Kier alpha value is -1.82. The van der Waals surface area contributed by atoms with E-state index in [1.165, 1.54) is 18.3 Å². The van der Waals surface area contributed by atoms with E-state index < -0.39 is 5.91 Å². The van der Waals surface area contributed by atoms with Crippen LogP contribution in [0.3, 0.4) is 0 Å². The van der Waals surface area contributed by atoms with E-state index in [1.54, 1.807) is 24.3 Å². The second-order valence-corrected chi connectivity index (χ2v) is 8.51. The van der Waals surface area contributed by atoms with Gasteiger partial charge >= 0.3 is 0 Å². The number of thiazole rings is 1. The van der Waals surface area contributed by atoms with Crippen LogP contribution in [-0.4, -0.2) is 21.9 Å². The first-order chi connectivity index (χ1) is 12.8. The molecule has 3 rings (SSSR count). The Morgan fingerprint density at radius 2 is 1.96 bits per heavy atom. The van der Waals surface area contributed by atoms with Crippen molar-refractivity contribution in [2.24, 2.45) is 0 Å². The van der Waals surface area contributed by atoms with Gasteiger partial charge in [0.25, 0.3) is 5.91 Å². The highest BCUT2D eigenvalue weighted by Crippen LogP contribution is 2.28. The van der Waals surface area contributed by atoms with Crippen LogP contribution in [-0.2, 0) is 4.79 Å². The van der Waals surface area contributed by atoms with Gasteiger partial charge in [0.1, 0.15) is 0 Å². The number of fused-ring (bicyclic) bond motifs is 1. The van der Waals surface area contributed by atoms with Gasteiger partial charge in [0, 0.05) is 16.2 Å². The molecule has 1 heterocycles. The first-order valence-electron chi connectivity index (χ1n) is 7.57. The summed E-state index contributed by atoms with van der Waals surface area (Å²) in [4.78, 5) is 27.9. The van der Waals surface area contributed by atoms with E-state index in [-0.39, 0.29) is 11.0 Å². The minimum absolute atomic E-state index is 0.121. The number of benzene rings is 2. The predicted octanol–water partition coefficient (Wildman–Crippen LogP) is 4.64. The van der Waals surface area contributed by atoms with Crippen LogP contribution in [0, 0.1) is 3.57 Å². The summed E-state index contributed by atoms with van der Waals surface area (Å²) in [5, 5.41) is 9.22. The third kappa shape index (κ3) is 5.12. The van der Waals surface area contributed by atoms with Crippen molar-refractivity contribution in [2.75, 3.05) is 10.6 Å². The number of carbonyl (C=O) groups excluding carboxylic acids is 2. The minimum Gasteiger partial charge on any atom is -0.326 e. The van der Waals surface area contributed by atoms with Crippen molar-refractivity contribution >= 4 is 95.7 Å². The maximum atomic E-state index is 12.4. The summed E-state index contributed by atoms with van der Waals surface area (Å²) in [7, 11) is 0. The molecule has 0 aliphatic carbocycles. The molecule has 0 bridgehead atoms. The highest BCUT2D eigenvalue weighted by Gasteiger charge is 2.14. The molecule has 2 aromatic carbocycles. The topological polar surface area (TPSA) is 83.1 Å². The highest BCUT2D eigenvalue weighted by molar-refractivity contribution is 14.1. The van der Waals surface area contributed by atoms with Crippen LogP contribution >= 0.6 is 57.7 Å². The number of hydrogen-bond donors (Lipinski definition) is 3. The number of rotatable bonds is 3. The van der Waals surface area contributed by atoms with E-state index in [0.717, 1.165) is 13.8 Å². The van der Waals surface area contributed by atoms with Crippen LogP contribution in [0.5, 0.6) is 0 Å². The summed E-state index contributed by atoms with van der Waals surface area (Å²) in [5.74, 6) is -0.541. The Morgan fingerprint density at radius 1 is 1.19 bits per heavy atom. The molecule has 0 spiro atoms. The average Bonchev–Trinajstić information content (AvgIpc) is 2.97. The van der Waals surface area contributed by atoms with Crippen molar-refractivity contribution in [3.05, 3.63) is 50.6 Å². The van der Waals surface area contributed by atoms with Crippen LogP contribution in [0.15, 0.2) is 36.4 Å². The van der Waals surface area contributed by atoms with Crippen molar-refractivity contribution < 1.29 is 9.59 Å². The number of nitrogens with zero attached hydrogens (tertiary/aromatic N) is 1. The van der Waals surface area contributed by atoms with Crippen LogP contribution in [0.1, 0.15) is 17.3 Å². The second kappa shape index (κ2) is 8.46. The summed E-state index contributed by atoms with van der Waals surface area (Å²) in [5.41, 5.74) is 1.79. The second-order valence-electron chi connectivity index (χ2n) is 5.42. The molecule has 6 nitrogen and oxygen atoms in total. The average molecular weight is 531 g/mol. The van der Waals surface area contributed by atoms with Gasteiger partial charge in [0.15, 0.2) is 10.2 Å². The number of carbonyl (C=O) groups is 2. The quantitative estimate of drug-likeness (QED) is 0.339. The predicted molar refractivity (Wildman–Crippen MR) is 122 cm³/mol. The third-order valence-electron chi connectivity index (χ3n) is 3.33. The Balaban J connectivity index is 1.71. The summed E-state index contributed by atoms with van der Waals surface area (Å²) >= 11 is 14.7. The maximum absolute atomic E-state index is 12.4. The van der Waals surface area contributed by atoms with E-state index in [2.05, 4.69) is 43.5 Å². The zero-order valence-corrected chi connectivity index (χ0v) is 18.3. The lowest BCUT2D eigenvalue weighted by molar-refractivity contribution is -0.114. The standard InChI is InChI=1S/C17H12ClIN4O2S2/c1-8(24)20-10-3-5-13-14(7-10)27-17(21-13)23-16(26)22-15(25)11-6-9(19)2-4-12(11)18/h2-7H,1H3,(H,20,24)(H2,21,22,23,25,26). The molecule has 1 aromatic heterocycles. The zero-order valence-electron chi connectivity index (χ0n) is 13.8. The van der Waals surface area contributed by atoms with Gasteiger partial charge in [-0.3, -0.25) is 14.9 Å². The number of anilines is 2. The molecule has 0 atom stereocenters. The van der Waals surface area contributed by atoms with E-state index >= 15 is 0 Å². The van der Waals surface area contributed by atoms with E-state index in [9.17, 15) is 9.59 Å². The molecule has 3 N–H and O–H groups in total. The minimum atomic E-state index is -0.398. The number of halogens is 2. The monoisotopic (exact) mass is 530 g/mol. The fraction of sp³-hybridized carbons (Fsp3) is 0.0588. The third-order valence-corrected chi connectivity index (χ3v) is 5.47. The molecule has 0 aliphatic heterocycles. The van der Waals surface area contributed by atoms with Crippen molar-refractivity contribution in [3.8, 4) is 0 Å². The van der Waals surface area contributed by atoms with E-state index in [4.69, 9.17) is 23.8 Å². The van der Waals surface area contributed by atoms with Crippen molar-refractivity contribution in [2.45, 2.75) is 6.92 Å². The lowest BCUT2D eigenvalue weighted by Crippen LogP contribution is -2.34. The molecule has 0 fully saturated rings. The Labute approximate surface area is 182 Å². The Kier molecular flexibility index (Phi) is 6.25. The smallest absolute Gasteiger partial charge is 0.258 e. The fourth-order valence-electron chi connectivity index (χ4n) is 2.23. The van der Waals surface area contributed by atoms with Crippen LogP contribution in [0.2, 0.25) is 5.02 Å². The van der Waals surface area contributed by atoms with Gasteiger partial charge in [-0.15, -0.1) is 0 Å². The Morgan fingerprint density at radius 3 is 2.70 bits per heavy atom. The number of aromatic nitrogens is 1. The van der Waals surface area contributed by atoms with Gasteiger partial charge < -0.3 is 10.6 Å². The van der Waals surface area contributed by atoms with E-state index in [0.29, 0.717) is 21.4 Å². The van der Waals surface area contributed by atoms with Crippen molar-refractivity contribution in [1.29, 1.82) is 0 Å². The summed E-state index contributed by atoms with van der Waals surface area (Å²) < 4.78 is 1.76. The van der Waals surface area contributed by atoms with Crippen LogP contribution in [0.25, 0.3) is 10.2 Å². The molecule has 0 radical (unpaired) electrons. The molecule has 10 heteroatoms. The van der Waals surface area contributed by atoms with Crippen LogP contribution in [0.4, 0.5) is 10.8 Å². The molecule has 0 saturated heterocycles. The summed E-state index contributed by atoms with van der Waals surface area (Å²) in [6.07, 6.45) is 0. The molecule has 2 amide bonds. The van der Waals surface area contributed by atoms with Gasteiger partial charge in [0.2, 0.25) is 5.91 Å². The van der Waals surface area contributed by atoms with Gasteiger partial charge in [-0.1, -0.05) is 22.9 Å². The lowest BCUT2D eigenvalue weighted by Gasteiger charge is -2.08. The molecule has 0 saturated carbocycles. The molecule has 0 unspecified atom stereocenters. The Bertz CT molecular complexity index is 1070. The number of thiocarbonyl (C=S) groups is 1. The zero-order chi connectivity index (χ0) is 19.6. The van der Waals surface area contributed by atoms with Gasteiger partial charge in [-0.25, -0.2) is 4.98 Å². The highest BCUT2D eigenvalue weighted by atomic mass is 127. The fourth-order valence-corrected chi connectivity index (χ4v) is 4.09. The molecular formula is C17H12ClIN4O2S2. The number of nitrogens with one attached hydrogen (secondary N) is 3. The summed E-state index contributed by atoms with van der Waals surface area (Å²) in [6, 6.07) is 10.6. The molecule has 138 valence electrons. The lowest BCUT2D eigenvalue weighted by atomic mass is 10.2. The largest absolute Gasteiger partial charge is 0.326 e.